The Balaban J connectivity index is 3.13. The first kappa shape index (κ1) is 3.07. The molecule has 0 fully saturated rings. The molecule has 1 rings (SSSR count). The minimum atomic E-state index is 0.486. The van der Waals surface area contributed by atoms with Gasteiger partial charge >= 0.3 is 34.8 Å². The van der Waals surface area contributed by atoms with Gasteiger partial charge in [0.25, 0.3) is 0 Å². The average molecular weight is 133 g/mol. The van der Waals surface area contributed by atoms with Crippen LogP contribution in [-0.4, -0.2) is 24.7 Å². The third kappa shape index (κ3) is 0.565. The molecule has 0 aliphatic heterocycles. The molecule has 0 atom stereocenters. The average Bonchev–Trinajstić information content (AvgIpc) is 1.76. The molecule has 0 N–H and O–H groups in total. The molecular weight excluding hydrogens is 131 g/mol. The molecule has 0 bridgehead atoms. The van der Waals surface area contributed by atoms with Crippen molar-refractivity contribution < 1.29 is 0 Å². The monoisotopic (exact) mass is 134 g/mol. The molecule has 1 aromatic rings. The van der Waals surface area contributed by atoms with Gasteiger partial charge < -0.3 is 0 Å². The number of aromatic nitrogens is 2. The van der Waals surface area contributed by atoms with Crippen LogP contribution in [0, 0.1) is 0 Å². The van der Waals surface area contributed by atoms with Crippen LogP contribution < -0.4 is 0 Å². The summed E-state index contributed by atoms with van der Waals surface area (Å²) in [4.78, 5) is 0. The summed E-state index contributed by atoms with van der Waals surface area (Å²) in [6, 6.07) is 0. The number of hydrogen-bond donors (Lipinski definition) is 0. The van der Waals surface area contributed by atoms with Gasteiger partial charge in [-0.15, -0.1) is 0 Å². The van der Waals surface area contributed by atoms with Crippen LogP contribution in [-0.2, 0) is 0 Å². The predicted molar refractivity (Wildman–Crippen MR) is 19.0 cm³/mol. The molecule has 0 saturated heterocycles. The Morgan fingerprint density at radius 3 is 2.00 bits per heavy atom. The molecule has 0 unspecified atom stereocenters. The summed E-state index contributed by atoms with van der Waals surface area (Å²) in [5, 5.41) is 10.8. The zero-order valence-corrected chi connectivity index (χ0v) is 4.17. The van der Waals surface area contributed by atoms with Crippen LogP contribution in [0.15, 0.2) is 10.1 Å². The van der Waals surface area contributed by atoms with E-state index in [4.69, 9.17) is 0 Å². The van der Waals surface area contributed by atoms with Crippen molar-refractivity contribution >= 4 is 14.5 Å². The van der Waals surface area contributed by atoms with E-state index in [2.05, 4.69) is 10.2 Å². The van der Waals surface area contributed by atoms with Gasteiger partial charge in [-0.3, -0.25) is 0 Å². The Morgan fingerprint density at radius 2 is 1.80 bits per heavy atom. The van der Waals surface area contributed by atoms with E-state index in [1.54, 1.807) is 0 Å². The first-order valence-corrected chi connectivity index (χ1v) is 3.17. The van der Waals surface area contributed by atoms with Gasteiger partial charge in [0.05, 0.1) is 0 Å². The van der Waals surface area contributed by atoms with Crippen LogP contribution in [0.4, 0.5) is 0 Å². The SMILES string of the molecule is c1nnc[se]1. The molecule has 0 aromatic carbocycles. The van der Waals surface area contributed by atoms with Gasteiger partial charge in [0.15, 0.2) is 0 Å². The van der Waals surface area contributed by atoms with Gasteiger partial charge in [-0.2, -0.15) is 0 Å². The molecule has 5 heavy (non-hydrogen) atoms. The maximum absolute atomic E-state index is 3.56. The molecule has 0 saturated carbocycles. The van der Waals surface area contributed by atoms with E-state index in [9.17, 15) is 0 Å². The fourth-order valence-electron chi connectivity index (χ4n) is 0.136. The second-order valence-corrected chi connectivity index (χ2v) is 2.03. The summed E-state index contributed by atoms with van der Waals surface area (Å²) in [5.74, 6) is 0. The van der Waals surface area contributed by atoms with Crippen LogP contribution in [0.3, 0.4) is 0 Å². The molecule has 0 aliphatic rings. The molecule has 0 amide bonds. The summed E-state index contributed by atoms with van der Waals surface area (Å²) < 4.78 is 0. The van der Waals surface area contributed by atoms with Gasteiger partial charge in [0.2, 0.25) is 0 Å². The van der Waals surface area contributed by atoms with E-state index in [1.807, 2.05) is 10.1 Å². The van der Waals surface area contributed by atoms with Crippen molar-refractivity contribution in [1.82, 2.24) is 10.2 Å². The van der Waals surface area contributed by atoms with E-state index in [0.717, 1.165) is 0 Å². The number of hydrogen-bond acceptors (Lipinski definition) is 2. The Morgan fingerprint density at radius 1 is 1.20 bits per heavy atom. The topological polar surface area (TPSA) is 25.8 Å². The Labute approximate surface area is 35.6 Å². The second-order valence-electron chi connectivity index (χ2n) is 0.578. The van der Waals surface area contributed by atoms with Crippen molar-refractivity contribution in [3.63, 3.8) is 0 Å². The van der Waals surface area contributed by atoms with Crippen LogP contribution >= 0.6 is 0 Å². The van der Waals surface area contributed by atoms with Gasteiger partial charge in [-0.25, -0.2) is 0 Å². The van der Waals surface area contributed by atoms with E-state index in [1.165, 1.54) is 0 Å². The summed E-state index contributed by atoms with van der Waals surface area (Å²) >= 11 is 0.486. The summed E-state index contributed by atoms with van der Waals surface area (Å²) in [6.45, 7) is 0. The Kier molecular flexibility index (Phi) is 0.819. The number of nitrogens with zero attached hydrogens (tertiary/aromatic N) is 2. The van der Waals surface area contributed by atoms with Crippen LogP contribution in [0.5, 0.6) is 0 Å². The van der Waals surface area contributed by atoms with Crippen LogP contribution in [0.1, 0.15) is 0 Å². The zero-order chi connectivity index (χ0) is 3.54. The fourth-order valence-corrected chi connectivity index (χ4v) is 0.707. The fraction of sp³-hybridized carbons (Fsp3) is 0. The van der Waals surface area contributed by atoms with E-state index < -0.39 is 0 Å². The van der Waals surface area contributed by atoms with Crippen molar-refractivity contribution in [2.24, 2.45) is 0 Å². The van der Waals surface area contributed by atoms with Crippen molar-refractivity contribution in [2.45, 2.75) is 0 Å². The Bertz CT molecular complexity index is 64.1. The molecule has 3 heteroatoms. The molecule has 0 spiro atoms. The number of rotatable bonds is 0. The van der Waals surface area contributed by atoms with Crippen molar-refractivity contribution in [3.05, 3.63) is 10.1 Å². The van der Waals surface area contributed by atoms with Crippen molar-refractivity contribution in [1.29, 1.82) is 0 Å². The predicted octanol–water partition coefficient (Wildman–Crippen LogP) is -0.466. The van der Waals surface area contributed by atoms with Crippen molar-refractivity contribution in [3.8, 4) is 0 Å². The van der Waals surface area contributed by atoms with E-state index in [-0.39, 0.29) is 0 Å². The van der Waals surface area contributed by atoms with Gasteiger partial charge in [-0.05, 0) is 0 Å². The summed E-state index contributed by atoms with van der Waals surface area (Å²) in [6.07, 6.45) is 0. The molecular formula is C2H2N2Se. The standard InChI is InChI=1S/C2H2N2Se/c1-3-4-2-5-1/h1-2H. The summed E-state index contributed by atoms with van der Waals surface area (Å²) in [7, 11) is 0. The van der Waals surface area contributed by atoms with E-state index >= 15 is 0 Å². The van der Waals surface area contributed by atoms with Gasteiger partial charge in [0, 0.05) is 0 Å². The van der Waals surface area contributed by atoms with Crippen molar-refractivity contribution in [2.75, 3.05) is 0 Å². The van der Waals surface area contributed by atoms with Gasteiger partial charge in [0.1, 0.15) is 0 Å². The molecule has 2 nitrogen and oxygen atoms in total. The minimum absolute atomic E-state index is 0.486. The normalized spacial score (nSPS) is 8.00. The third-order valence-corrected chi connectivity index (χ3v) is 1.19. The maximum atomic E-state index is 3.56. The first-order chi connectivity index (χ1) is 2.50. The molecule has 0 aliphatic carbocycles. The molecule has 1 aromatic heterocycles. The summed E-state index contributed by atoms with van der Waals surface area (Å²) in [5.41, 5.74) is 0. The first-order valence-electron chi connectivity index (χ1n) is 1.19. The molecule has 0 radical (unpaired) electrons. The third-order valence-electron chi connectivity index (χ3n) is 0.283. The quantitative estimate of drug-likeness (QED) is 0.447. The van der Waals surface area contributed by atoms with E-state index in [0.29, 0.717) is 14.5 Å². The zero-order valence-electron chi connectivity index (χ0n) is 2.46. The second kappa shape index (κ2) is 1.34. The van der Waals surface area contributed by atoms with Crippen LogP contribution in [0.25, 0.3) is 0 Å². The Hall–Kier alpha value is -0.141. The molecule has 26 valence electrons. The van der Waals surface area contributed by atoms with Gasteiger partial charge in [-0.1, -0.05) is 0 Å². The van der Waals surface area contributed by atoms with Crippen LogP contribution in [0.2, 0.25) is 0 Å². The molecule has 1 heterocycles.